The second-order valence-electron chi connectivity index (χ2n) is 8.94. The lowest BCUT2D eigenvalue weighted by molar-refractivity contribution is 1.02. The van der Waals surface area contributed by atoms with E-state index in [1.807, 2.05) is 18.4 Å². The van der Waals surface area contributed by atoms with Gasteiger partial charge in [0.1, 0.15) is 4.99 Å². The van der Waals surface area contributed by atoms with Gasteiger partial charge in [-0.05, 0) is 39.5 Å². The van der Waals surface area contributed by atoms with Gasteiger partial charge in [-0.25, -0.2) is 4.99 Å². The maximum absolute atomic E-state index is 6.03. The highest BCUT2D eigenvalue weighted by atomic mass is 32.1. The molecule has 2 atom stereocenters. The molecule has 2 heterocycles. The van der Waals surface area contributed by atoms with Gasteiger partial charge < -0.3 is 0 Å². The fourth-order valence-electron chi connectivity index (χ4n) is 5.28. The summed E-state index contributed by atoms with van der Waals surface area (Å²) in [4.78, 5) is 12.3. The average molecular weight is 536 g/mol. The highest BCUT2D eigenvalue weighted by Crippen LogP contribution is 2.45. The molecule has 0 saturated carbocycles. The molecule has 0 bridgehead atoms. The van der Waals surface area contributed by atoms with Crippen molar-refractivity contribution < 1.29 is 0 Å². The molecule has 6 rings (SSSR count). The second kappa shape index (κ2) is 9.52. The number of nitrogens with zero attached hydrogens (tertiary/aromatic N) is 2. The van der Waals surface area contributed by atoms with Crippen LogP contribution in [-0.2, 0) is 0 Å². The zero-order valence-corrected chi connectivity index (χ0v) is 22.4. The topological polar surface area (TPSA) is 24.7 Å². The van der Waals surface area contributed by atoms with E-state index in [4.69, 9.17) is 53.9 Å². The number of thiocarbonyl (C=S) groups is 4. The Hall–Kier alpha value is -2.90. The highest BCUT2D eigenvalue weighted by Gasteiger charge is 2.38. The van der Waals surface area contributed by atoms with Gasteiger partial charge in [0.25, 0.3) is 0 Å². The first kappa shape index (κ1) is 23.5. The van der Waals surface area contributed by atoms with Gasteiger partial charge in [-0.2, -0.15) is 0 Å². The van der Waals surface area contributed by atoms with Crippen molar-refractivity contribution in [1.29, 1.82) is 0 Å². The third kappa shape index (κ3) is 3.89. The van der Waals surface area contributed by atoms with Gasteiger partial charge in [-0.3, -0.25) is 4.99 Å². The molecule has 0 N–H and O–H groups in total. The van der Waals surface area contributed by atoms with Crippen LogP contribution in [0.1, 0.15) is 58.1 Å². The Morgan fingerprint density at radius 2 is 1.67 bits per heavy atom. The number of rotatable bonds is 3. The number of allylic oxidation sites excluding steroid dienone is 6. The van der Waals surface area contributed by atoms with E-state index < -0.39 is 0 Å². The summed E-state index contributed by atoms with van der Waals surface area (Å²) in [6.07, 6.45) is 18.8. The van der Waals surface area contributed by atoms with Crippen LogP contribution < -0.4 is 0 Å². The average Bonchev–Trinajstić information content (AvgIpc) is 2.89. The summed E-state index contributed by atoms with van der Waals surface area (Å²) in [5, 5.41) is 0. The second-order valence-corrected chi connectivity index (χ2v) is 10.8. The minimum atomic E-state index is -0.349. The van der Waals surface area contributed by atoms with Crippen molar-refractivity contribution in [3.05, 3.63) is 106 Å². The monoisotopic (exact) mass is 535 g/mol. The van der Waals surface area contributed by atoms with Gasteiger partial charge in [-0.15, -0.1) is 0 Å². The van der Waals surface area contributed by atoms with Gasteiger partial charge in [0, 0.05) is 45.1 Å². The van der Waals surface area contributed by atoms with Crippen LogP contribution in [-0.4, -0.2) is 31.5 Å². The van der Waals surface area contributed by atoms with E-state index in [2.05, 4.69) is 71.9 Å². The summed E-state index contributed by atoms with van der Waals surface area (Å²) < 4.78 is 0. The number of aliphatic imine (C=N–C) groups is 2. The summed E-state index contributed by atoms with van der Waals surface area (Å²) in [7, 11) is 0. The minimum Gasteiger partial charge on any atom is -0.259 e. The van der Waals surface area contributed by atoms with E-state index in [-0.39, 0.29) is 11.8 Å². The minimum absolute atomic E-state index is 0.153. The van der Waals surface area contributed by atoms with Gasteiger partial charge in [-0.1, -0.05) is 116 Å². The summed E-state index contributed by atoms with van der Waals surface area (Å²) in [6, 6.07) is 12.6. The van der Waals surface area contributed by atoms with Crippen molar-refractivity contribution in [3.8, 4) is 0 Å². The smallest absolute Gasteiger partial charge is 0.117 e. The summed E-state index contributed by atoms with van der Waals surface area (Å²) in [6.45, 7) is 0. The fraction of sp³-hybridized carbons (Fsp3) is 0.133. The number of fused-ring (bicyclic) bond motifs is 2. The summed E-state index contributed by atoms with van der Waals surface area (Å²) in [5.41, 5.74) is 8.22. The molecule has 4 aliphatic rings. The van der Waals surface area contributed by atoms with Crippen LogP contribution in [0, 0.1) is 0 Å². The van der Waals surface area contributed by atoms with Crippen molar-refractivity contribution in [2.75, 3.05) is 0 Å². The van der Waals surface area contributed by atoms with Crippen molar-refractivity contribution in [2.24, 2.45) is 9.98 Å². The van der Waals surface area contributed by atoms with E-state index in [0.29, 0.717) is 11.4 Å². The van der Waals surface area contributed by atoms with Gasteiger partial charge in [0.05, 0.1) is 17.8 Å². The summed E-state index contributed by atoms with van der Waals surface area (Å²) >= 11 is 23.5. The maximum atomic E-state index is 6.03. The van der Waals surface area contributed by atoms with Crippen molar-refractivity contribution >= 4 is 92.0 Å². The standard InChI is InChI=1S/C30H19N2S4/c33-22-9-4-3-8-20(22)21-13-11-18-16-32-30(36)28(29-24(35)10-5-15-31-29)25(18)27(21)26-19-7-2-1-6-17(19)12-14-23(26)34/h1-8,11-15,26,28H,9-10H2. The first-order chi connectivity index (χ1) is 17.5. The van der Waals surface area contributed by atoms with Crippen LogP contribution in [0.5, 0.6) is 0 Å². The highest BCUT2D eigenvalue weighted by molar-refractivity contribution is 7.82. The Morgan fingerprint density at radius 3 is 2.50 bits per heavy atom. The number of hydrogen-bond acceptors (Lipinski definition) is 5. The molecule has 2 aliphatic carbocycles. The molecule has 0 amide bonds. The molecule has 0 saturated heterocycles. The van der Waals surface area contributed by atoms with Crippen LogP contribution in [0.25, 0.3) is 11.6 Å². The normalized spacial score (nSPS) is 22.3. The Labute approximate surface area is 232 Å². The largest absolute Gasteiger partial charge is 0.259 e. The molecule has 2 aliphatic heterocycles. The van der Waals surface area contributed by atoms with Crippen molar-refractivity contribution in [3.63, 3.8) is 0 Å². The lowest BCUT2D eigenvalue weighted by atomic mass is 9.71. The predicted octanol–water partition coefficient (Wildman–Crippen LogP) is 7.38. The van der Waals surface area contributed by atoms with Crippen LogP contribution >= 0.6 is 48.9 Å². The van der Waals surface area contributed by atoms with E-state index in [9.17, 15) is 0 Å². The van der Waals surface area contributed by atoms with E-state index in [1.54, 1.807) is 0 Å². The van der Waals surface area contributed by atoms with Crippen LogP contribution in [0.3, 0.4) is 0 Å². The zero-order valence-electron chi connectivity index (χ0n) is 19.1. The Kier molecular flexibility index (Phi) is 6.21. The lowest BCUT2D eigenvalue weighted by Crippen LogP contribution is -2.32. The lowest BCUT2D eigenvalue weighted by Gasteiger charge is -2.34. The van der Waals surface area contributed by atoms with Crippen LogP contribution in [0.15, 0.2) is 83.0 Å². The summed E-state index contributed by atoms with van der Waals surface area (Å²) in [5.74, 6) is -0.503. The first-order valence-electron chi connectivity index (χ1n) is 11.7. The number of benzene rings is 2. The molecule has 36 heavy (non-hydrogen) atoms. The molecule has 0 spiro atoms. The Bertz CT molecular complexity index is 1570. The van der Waals surface area contributed by atoms with E-state index >= 15 is 0 Å². The molecule has 6 heteroatoms. The predicted molar refractivity (Wildman–Crippen MR) is 166 cm³/mol. The molecule has 0 aromatic heterocycles. The van der Waals surface area contributed by atoms with Gasteiger partial charge in [0.15, 0.2) is 0 Å². The van der Waals surface area contributed by atoms with Gasteiger partial charge >= 0.3 is 0 Å². The molecular weight excluding hydrogens is 517 g/mol. The molecule has 0 fully saturated rings. The molecule has 173 valence electrons. The molecule has 1 radical (unpaired) electrons. The molecular formula is C30H19N2S4. The third-order valence-electron chi connectivity index (χ3n) is 6.89. The molecule has 2 aromatic rings. The number of hydrogen-bond donors (Lipinski definition) is 0. The van der Waals surface area contributed by atoms with Crippen molar-refractivity contribution in [1.82, 2.24) is 0 Å². The van der Waals surface area contributed by atoms with Crippen molar-refractivity contribution in [2.45, 2.75) is 24.7 Å². The third-order valence-corrected chi connectivity index (χ3v) is 8.35. The molecule has 2 nitrogen and oxygen atoms in total. The zero-order chi connectivity index (χ0) is 24.8. The fourth-order valence-corrected chi connectivity index (χ4v) is 6.41. The van der Waals surface area contributed by atoms with E-state index in [0.717, 1.165) is 65.7 Å². The quantitative estimate of drug-likeness (QED) is 0.383. The maximum Gasteiger partial charge on any atom is 0.117 e. The Balaban J connectivity index is 1.70. The van der Waals surface area contributed by atoms with E-state index in [1.165, 1.54) is 0 Å². The SMILES string of the molecule is S=C1CC=CC=C1c1ccc2c(c1C1C(=S)C=Cc3ccccc31)C(C1=NC=CCC1=S)C(=S)N=[C]2. The first-order valence-corrected chi connectivity index (χ1v) is 13.3. The molecule has 2 unspecified atom stereocenters. The van der Waals surface area contributed by atoms with Gasteiger partial charge in [0.2, 0.25) is 0 Å². The van der Waals surface area contributed by atoms with Crippen LogP contribution in [0.2, 0.25) is 0 Å². The molecule has 2 aromatic carbocycles. The van der Waals surface area contributed by atoms with Crippen LogP contribution in [0.4, 0.5) is 0 Å². The Morgan fingerprint density at radius 1 is 0.833 bits per heavy atom.